The van der Waals surface area contributed by atoms with Crippen LogP contribution in [0.1, 0.15) is 44.4 Å². The zero-order valence-electron chi connectivity index (χ0n) is 21.0. The summed E-state index contributed by atoms with van der Waals surface area (Å²) in [6, 6.07) is 19.0. The Labute approximate surface area is 224 Å². The Kier molecular flexibility index (Phi) is 5.95. The smallest absolute Gasteiger partial charge is 0.343 e. The molecule has 1 saturated carbocycles. The summed E-state index contributed by atoms with van der Waals surface area (Å²) in [5, 5.41) is 2.75. The minimum Gasteiger partial charge on any atom is -0.423 e. The Hall–Kier alpha value is -4.85. The van der Waals surface area contributed by atoms with Crippen molar-refractivity contribution in [2.45, 2.75) is 13.3 Å². The molecular formula is C31H24N2O6. The summed E-state index contributed by atoms with van der Waals surface area (Å²) in [7, 11) is 0. The molecule has 2 bridgehead atoms. The van der Waals surface area contributed by atoms with E-state index in [0.717, 1.165) is 6.42 Å². The highest BCUT2D eigenvalue weighted by atomic mass is 16.5. The van der Waals surface area contributed by atoms with Crippen molar-refractivity contribution >= 4 is 40.8 Å². The van der Waals surface area contributed by atoms with Crippen LogP contribution in [0.25, 0.3) is 0 Å². The third-order valence-electron chi connectivity index (χ3n) is 7.69. The Morgan fingerprint density at radius 1 is 0.795 bits per heavy atom. The van der Waals surface area contributed by atoms with Crippen molar-refractivity contribution in [1.82, 2.24) is 0 Å². The maximum Gasteiger partial charge on any atom is 0.343 e. The summed E-state index contributed by atoms with van der Waals surface area (Å²) in [6.07, 6.45) is 4.97. The molecule has 1 heterocycles. The molecule has 3 aliphatic rings. The monoisotopic (exact) mass is 520 g/mol. The number of ketones is 1. The van der Waals surface area contributed by atoms with Gasteiger partial charge in [0.15, 0.2) is 5.78 Å². The lowest BCUT2D eigenvalue weighted by atomic mass is 9.85. The number of anilines is 2. The topological polar surface area (TPSA) is 110 Å². The van der Waals surface area contributed by atoms with Crippen LogP contribution in [-0.2, 0) is 9.59 Å². The number of fused-ring (bicyclic) bond motifs is 5. The van der Waals surface area contributed by atoms with E-state index in [-0.39, 0.29) is 58.5 Å². The fourth-order valence-corrected chi connectivity index (χ4v) is 5.76. The Bertz CT molecular complexity index is 1530. The number of nitrogens with one attached hydrogen (secondary N) is 1. The number of benzene rings is 3. The van der Waals surface area contributed by atoms with Crippen LogP contribution in [0.4, 0.5) is 11.4 Å². The number of imide groups is 1. The summed E-state index contributed by atoms with van der Waals surface area (Å²) in [4.78, 5) is 64.0. The van der Waals surface area contributed by atoms with E-state index >= 15 is 0 Å². The van der Waals surface area contributed by atoms with Crippen LogP contribution < -0.4 is 15.0 Å². The number of ether oxygens (including phenoxy) is 1. The predicted molar refractivity (Wildman–Crippen MR) is 142 cm³/mol. The number of carbonyl (C=O) groups excluding carboxylic acids is 5. The van der Waals surface area contributed by atoms with Crippen LogP contribution in [0.15, 0.2) is 84.9 Å². The first-order valence-corrected chi connectivity index (χ1v) is 12.7. The van der Waals surface area contributed by atoms with E-state index in [4.69, 9.17) is 4.74 Å². The van der Waals surface area contributed by atoms with E-state index in [1.165, 1.54) is 30.0 Å². The summed E-state index contributed by atoms with van der Waals surface area (Å²) in [6.45, 7) is 1.44. The zero-order valence-corrected chi connectivity index (χ0v) is 21.0. The third kappa shape index (κ3) is 4.33. The second-order valence-electron chi connectivity index (χ2n) is 10.1. The summed E-state index contributed by atoms with van der Waals surface area (Å²) in [5.41, 5.74) is 2.01. The average Bonchev–Trinajstić information content (AvgIpc) is 3.63. The number of amides is 3. The van der Waals surface area contributed by atoms with Crippen LogP contribution in [0.3, 0.4) is 0 Å². The fourth-order valence-electron chi connectivity index (χ4n) is 5.76. The van der Waals surface area contributed by atoms with E-state index in [1.54, 1.807) is 54.6 Å². The van der Waals surface area contributed by atoms with Gasteiger partial charge in [0, 0.05) is 16.8 Å². The quantitative estimate of drug-likeness (QED) is 0.166. The molecule has 0 spiro atoms. The zero-order chi connectivity index (χ0) is 27.3. The molecule has 2 fully saturated rings. The Balaban J connectivity index is 1.08. The van der Waals surface area contributed by atoms with Crippen molar-refractivity contribution in [2.24, 2.45) is 23.7 Å². The molecule has 3 aromatic rings. The van der Waals surface area contributed by atoms with Crippen molar-refractivity contribution in [1.29, 1.82) is 0 Å². The summed E-state index contributed by atoms with van der Waals surface area (Å²) in [5.74, 6) is -1.46. The lowest BCUT2D eigenvalue weighted by molar-refractivity contribution is -0.123. The van der Waals surface area contributed by atoms with E-state index in [0.29, 0.717) is 22.5 Å². The molecule has 4 unspecified atom stereocenters. The van der Waals surface area contributed by atoms with Gasteiger partial charge in [-0.15, -0.1) is 0 Å². The van der Waals surface area contributed by atoms with Crippen molar-refractivity contribution in [3.05, 3.63) is 102 Å². The predicted octanol–water partition coefficient (Wildman–Crippen LogP) is 4.67. The van der Waals surface area contributed by atoms with Gasteiger partial charge in [-0.25, -0.2) is 4.79 Å². The maximum atomic E-state index is 13.0. The minimum absolute atomic E-state index is 0.130. The first kappa shape index (κ1) is 24.5. The number of Topliss-reactive ketones (excluding diaryl/α,β-unsaturated/α-hetero) is 1. The summed E-state index contributed by atoms with van der Waals surface area (Å²) < 4.78 is 5.45. The highest BCUT2D eigenvalue weighted by Gasteiger charge is 2.59. The second kappa shape index (κ2) is 9.47. The number of nitrogens with zero attached hydrogens (tertiary/aromatic N) is 1. The lowest BCUT2D eigenvalue weighted by Gasteiger charge is -2.17. The second-order valence-corrected chi connectivity index (χ2v) is 10.1. The van der Waals surface area contributed by atoms with Crippen LogP contribution in [-0.4, -0.2) is 29.5 Å². The molecule has 3 amide bonds. The molecule has 3 aromatic carbocycles. The molecule has 1 N–H and O–H groups in total. The molecule has 1 saturated heterocycles. The Morgan fingerprint density at radius 2 is 1.41 bits per heavy atom. The highest BCUT2D eigenvalue weighted by molar-refractivity contribution is 6.22. The average molecular weight is 521 g/mol. The van der Waals surface area contributed by atoms with E-state index in [1.807, 2.05) is 0 Å². The number of hydrogen-bond donors (Lipinski definition) is 1. The normalized spacial score (nSPS) is 22.6. The SMILES string of the molecule is CC(=O)c1cccc(C(=O)Nc2ccc(OC(=O)c3ccc(N4C(=O)C5C6C=CC(C6)C5C4=O)cc3)cc2)c1. The van der Waals surface area contributed by atoms with Crippen molar-refractivity contribution in [3.8, 4) is 5.75 Å². The third-order valence-corrected chi connectivity index (χ3v) is 7.69. The molecule has 0 radical (unpaired) electrons. The Morgan fingerprint density at radius 3 is 2.03 bits per heavy atom. The maximum absolute atomic E-state index is 13.0. The molecule has 1 aliphatic heterocycles. The van der Waals surface area contributed by atoms with Crippen LogP contribution >= 0.6 is 0 Å². The van der Waals surface area contributed by atoms with Gasteiger partial charge in [0.2, 0.25) is 11.8 Å². The van der Waals surface area contributed by atoms with Crippen molar-refractivity contribution in [2.75, 3.05) is 10.2 Å². The lowest BCUT2D eigenvalue weighted by Crippen LogP contribution is -2.32. The van der Waals surface area contributed by atoms with Gasteiger partial charge in [0.25, 0.3) is 5.91 Å². The van der Waals surface area contributed by atoms with Crippen LogP contribution in [0.2, 0.25) is 0 Å². The number of hydrogen-bond acceptors (Lipinski definition) is 6. The fraction of sp³-hybridized carbons (Fsp3) is 0.194. The van der Waals surface area contributed by atoms with Gasteiger partial charge in [0.05, 0.1) is 23.1 Å². The molecular weight excluding hydrogens is 496 g/mol. The van der Waals surface area contributed by atoms with Gasteiger partial charge < -0.3 is 10.1 Å². The molecule has 0 aromatic heterocycles. The van der Waals surface area contributed by atoms with Crippen molar-refractivity contribution in [3.63, 3.8) is 0 Å². The van der Waals surface area contributed by atoms with E-state index < -0.39 is 5.97 Å². The summed E-state index contributed by atoms with van der Waals surface area (Å²) >= 11 is 0. The molecule has 39 heavy (non-hydrogen) atoms. The van der Waals surface area contributed by atoms with E-state index in [2.05, 4.69) is 17.5 Å². The van der Waals surface area contributed by atoms with Gasteiger partial charge in [-0.3, -0.25) is 24.1 Å². The molecule has 194 valence electrons. The van der Waals surface area contributed by atoms with Gasteiger partial charge in [-0.05, 0) is 85.8 Å². The van der Waals surface area contributed by atoms with Crippen LogP contribution in [0, 0.1) is 23.7 Å². The first-order chi connectivity index (χ1) is 18.8. The number of allylic oxidation sites excluding steroid dienone is 2. The van der Waals surface area contributed by atoms with E-state index in [9.17, 15) is 24.0 Å². The van der Waals surface area contributed by atoms with Gasteiger partial charge in [-0.2, -0.15) is 0 Å². The number of esters is 1. The van der Waals surface area contributed by atoms with Gasteiger partial charge >= 0.3 is 5.97 Å². The molecule has 4 atom stereocenters. The standard InChI is InChI=1S/C31H24N2O6/c1-17(34)19-3-2-4-22(15-19)28(35)32-23-9-13-25(14-10-23)39-31(38)18-7-11-24(12-8-18)33-29(36)26-20-5-6-21(16-20)27(26)30(33)37/h2-15,20-21,26-27H,16H2,1H3,(H,32,35). The molecule has 8 nitrogen and oxygen atoms in total. The molecule has 6 rings (SSSR count). The molecule has 2 aliphatic carbocycles. The highest BCUT2D eigenvalue weighted by Crippen LogP contribution is 2.53. The van der Waals surface area contributed by atoms with Crippen LogP contribution in [0.5, 0.6) is 5.75 Å². The first-order valence-electron chi connectivity index (χ1n) is 12.7. The minimum atomic E-state index is -0.599. The van der Waals surface area contributed by atoms with Crippen molar-refractivity contribution < 1.29 is 28.7 Å². The largest absolute Gasteiger partial charge is 0.423 e. The van der Waals surface area contributed by atoms with Gasteiger partial charge in [0.1, 0.15) is 5.75 Å². The molecule has 8 heteroatoms. The number of rotatable bonds is 6. The van der Waals surface area contributed by atoms with Gasteiger partial charge in [-0.1, -0.05) is 24.3 Å². The number of carbonyl (C=O) groups is 5.